The summed E-state index contributed by atoms with van der Waals surface area (Å²) in [5, 5.41) is 0.775. The van der Waals surface area contributed by atoms with Gasteiger partial charge in [-0.05, 0) is 54.2 Å². The first-order valence-electron chi connectivity index (χ1n) is 5.57. The third-order valence-electron chi connectivity index (χ3n) is 2.94. The predicted octanol–water partition coefficient (Wildman–Crippen LogP) is 3.23. The zero-order valence-electron chi connectivity index (χ0n) is 9.20. The Balaban J connectivity index is 2.14. The van der Waals surface area contributed by atoms with Crippen LogP contribution in [0.4, 0.5) is 0 Å². The van der Waals surface area contributed by atoms with E-state index in [4.69, 9.17) is 11.6 Å². The summed E-state index contributed by atoms with van der Waals surface area (Å²) in [5.74, 6) is 6.31. The number of pyridine rings is 1. The van der Waals surface area contributed by atoms with E-state index in [2.05, 4.69) is 22.9 Å². The van der Waals surface area contributed by atoms with E-state index < -0.39 is 0 Å². The highest BCUT2D eigenvalue weighted by molar-refractivity contribution is 6.30. The molecule has 0 bridgehead atoms. The molecule has 1 aromatic heterocycles. The van der Waals surface area contributed by atoms with Crippen molar-refractivity contribution < 1.29 is 0 Å². The Hall–Kier alpha value is -1.78. The molecule has 0 amide bonds. The molecule has 0 spiro atoms. The molecule has 1 aliphatic carbocycles. The number of hydrogen-bond donors (Lipinski definition) is 0. The van der Waals surface area contributed by atoms with Gasteiger partial charge in [-0.1, -0.05) is 23.6 Å². The lowest BCUT2D eigenvalue weighted by molar-refractivity contribution is 0.937. The van der Waals surface area contributed by atoms with Gasteiger partial charge in [-0.15, -0.1) is 0 Å². The maximum Gasteiger partial charge on any atom is 0.116 e. The number of fused-ring (bicyclic) bond motifs is 2. The molecule has 2 aromatic rings. The first-order chi connectivity index (χ1) is 8.33. The number of hydrogen-bond acceptors (Lipinski definition) is 1. The van der Waals surface area contributed by atoms with Crippen molar-refractivity contribution in [3.8, 4) is 11.8 Å². The van der Waals surface area contributed by atoms with Crippen LogP contribution in [-0.4, -0.2) is 4.98 Å². The second kappa shape index (κ2) is 4.24. The van der Waals surface area contributed by atoms with Gasteiger partial charge in [0.05, 0.1) is 0 Å². The van der Waals surface area contributed by atoms with E-state index in [9.17, 15) is 0 Å². The quantitative estimate of drug-likeness (QED) is 0.644. The minimum atomic E-state index is 0.775. The first kappa shape index (κ1) is 10.4. The molecule has 0 saturated heterocycles. The van der Waals surface area contributed by atoms with E-state index in [0.717, 1.165) is 29.1 Å². The van der Waals surface area contributed by atoms with Crippen molar-refractivity contribution in [3.63, 3.8) is 0 Å². The van der Waals surface area contributed by atoms with Gasteiger partial charge in [-0.2, -0.15) is 0 Å². The Kier molecular flexibility index (Phi) is 2.59. The molecule has 0 N–H and O–H groups in total. The summed E-state index contributed by atoms with van der Waals surface area (Å²) in [7, 11) is 0. The van der Waals surface area contributed by atoms with E-state index in [-0.39, 0.29) is 0 Å². The van der Waals surface area contributed by atoms with Gasteiger partial charge in [0.25, 0.3) is 0 Å². The highest BCUT2D eigenvalue weighted by Gasteiger charge is 2.08. The molecule has 1 nitrogen and oxygen atoms in total. The van der Waals surface area contributed by atoms with Crippen LogP contribution in [0.1, 0.15) is 22.4 Å². The Bertz CT molecular complexity index is 635. The fourth-order valence-electron chi connectivity index (χ4n) is 2.04. The Morgan fingerprint density at radius 2 is 1.94 bits per heavy atom. The van der Waals surface area contributed by atoms with Crippen LogP contribution >= 0.6 is 11.6 Å². The summed E-state index contributed by atoms with van der Waals surface area (Å²) in [4.78, 5) is 4.31. The number of nitrogens with zero attached hydrogens (tertiary/aromatic N) is 1. The fraction of sp³-hybridized carbons (Fsp3) is 0.133. The van der Waals surface area contributed by atoms with Crippen molar-refractivity contribution >= 4 is 11.6 Å². The highest BCUT2D eigenvalue weighted by Crippen LogP contribution is 2.20. The van der Waals surface area contributed by atoms with Crippen molar-refractivity contribution in [2.24, 2.45) is 0 Å². The second-order valence-corrected chi connectivity index (χ2v) is 4.50. The predicted molar refractivity (Wildman–Crippen MR) is 69.1 cm³/mol. The zero-order valence-corrected chi connectivity index (χ0v) is 9.96. The molecule has 2 heteroatoms. The van der Waals surface area contributed by atoms with Crippen LogP contribution in [0.3, 0.4) is 0 Å². The Morgan fingerprint density at radius 1 is 1.06 bits per heavy atom. The van der Waals surface area contributed by atoms with Gasteiger partial charge in [0.1, 0.15) is 5.69 Å². The van der Waals surface area contributed by atoms with Crippen LogP contribution in [0.15, 0.2) is 36.5 Å². The molecule has 0 radical (unpaired) electrons. The van der Waals surface area contributed by atoms with E-state index in [1.807, 2.05) is 24.3 Å². The summed E-state index contributed by atoms with van der Waals surface area (Å²) in [5.41, 5.74) is 4.39. The van der Waals surface area contributed by atoms with Gasteiger partial charge in [0, 0.05) is 16.8 Å². The smallest absolute Gasteiger partial charge is 0.116 e. The number of halogens is 1. The molecular weight excluding hydrogens is 230 g/mol. The molecule has 1 aromatic carbocycles. The largest absolute Gasteiger partial charge is 0.247 e. The average Bonchev–Trinajstić information content (AvgIpc) is 2.33. The summed E-state index contributed by atoms with van der Waals surface area (Å²) in [6.07, 6.45) is 3.71. The summed E-state index contributed by atoms with van der Waals surface area (Å²) < 4.78 is 0. The van der Waals surface area contributed by atoms with Crippen LogP contribution in [0.25, 0.3) is 0 Å². The SMILES string of the molecule is Clc1ccc2c(c1)CCc1cccnc1C#C2. The lowest BCUT2D eigenvalue weighted by Crippen LogP contribution is -2.01. The minimum absolute atomic E-state index is 0.775. The highest BCUT2D eigenvalue weighted by atomic mass is 35.5. The number of rotatable bonds is 0. The summed E-state index contributed by atoms with van der Waals surface area (Å²) in [6.45, 7) is 0. The Morgan fingerprint density at radius 3 is 2.88 bits per heavy atom. The third-order valence-corrected chi connectivity index (χ3v) is 3.17. The molecule has 82 valence electrons. The van der Waals surface area contributed by atoms with Gasteiger partial charge >= 0.3 is 0 Å². The summed E-state index contributed by atoms with van der Waals surface area (Å²) >= 11 is 6.01. The van der Waals surface area contributed by atoms with Gasteiger partial charge in [0.2, 0.25) is 0 Å². The van der Waals surface area contributed by atoms with Gasteiger partial charge in [0.15, 0.2) is 0 Å². The van der Waals surface area contributed by atoms with Gasteiger partial charge in [-0.25, -0.2) is 4.98 Å². The molecule has 17 heavy (non-hydrogen) atoms. The van der Waals surface area contributed by atoms with Crippen LogP contribution in [0.5, 0.6) is 0 Å². The van der Waals surface area contributed by atoms with Crippen molar-refractivity contribution in [2.45, 2.75) is 12.8 Å². The van der Waals surface area contributed by atoms with E-state index in [0.29, 0.717) is 0 Å². The van der Waals surface area contributed by atoms with Gasteiger partial charge in [-0.3, -0.25) is 0 Å². The van der Waals surface area contributed by atoms with Crippen LogP contribution in [0, 0.1) is 11.8 Å². The first-order valence-corrected chi connectivity index (χ1v) is 5.95. The average molecular weight is 240 g/mol. The molecule has 0 atom stereocenters. The minimum Gasteiger partial charge on any atom is -0.247 e. The maximum absolute atomic E-state index is 6.01. The second-order valence-electron chi connectivity index (χ2n) is 4.06. The zero-order chi connectivity index (χ0) is 11.7. The van der Waals surface area contributed by atoms with Crippen LogP contribution < -0.4 is 0 Å². The number of aryl methyl sites for hydroxylation is 2. The maximum atomic E-state index is 6.01. The lowest BCUT2D eigenvalue weighted by atomic mass is 9.97. The molecule has 0 aliphatic heterocycles. The van der Waals surface area contributed by atoms with Crippen molar-refractivity contribution in [1.82, 2.24) is 4.98 Å². The third kappa shape index (κ3) is 2.05. The molecule has 3 rings (SSSR count). The van der Waals surface area contributed by atoms with Crippen molar-refractivity contribution in [2.75, 3.05) is 0 Å². The molecule has 1 aliphatic rings. The summed E-state index contributed by atoms with van der Waals surface area (Å²) in [6, 6.07) is 9.93. The fourth-order valence-corrected chi connectivity index (χ4v) is 2.23. The monoisotopic (exact) mass is 239 g/mol. The van der Waals surface area contributed by atoms with E-state index in [1.54, 1.807) is 6.20 Å². The number of aromatic nitrogens is 1. The molecule has 0 saturated carbocycles. The van der Waals surface area contributed by atoms with E-state index in [1.165, 1.54) is 11.1 Å². The molecule has 0 unspecified atom stereocenters. The molecule has 1 heterocycles. The Labute approximate surface area is 105 Å². The van der Waals surface area contributed by atoms with E-state index >= 15 is 0 Å². The molecular formula is C15H10ClN. The van der Waals surface area contributed by atoms with Crippen molar-refractivity contribution in [1.29, 1.82) is 0 Å². The van der Waals surface area contributed by atoms with Crippen molar-refractivity contribution in [3.05, 3.63) is 63.9 Å². The van der Waals surface area contributed by atoms with Crippen LogP contribution in [0.2, 0.25) is 5.02 Å². The molecule has 0 fully saturated rings. The normalized spacial score (nSPS) is 12.5. The van der Waals surface area contributed by atoms with Crippen LogP contribution in [-0.2, 0) is 12.8 Å². The topological polar surface area (TPSA) is 12.9 Å². The number of benzene rings is 1. The lowest BCUT2D eigenvalue weighted by Gasteiger charge is -2.09. The van der Waals surface area contributed by atoms with Gasteiger partial charge < -0.3 is 0 Å². The standard InChI is InChI=1S/C15H10ClN/c16-14-7-5-11-6-8-15-12(2-1-9-17-15)3-4-13(11)10-14/h1-2,5,7,9-10H,3-4H2.